The number of hydrogen-bond donors (Lipinski definition) is 1. The maximum atomic E-state index is 11.9. The molecule has 2 rings (SSSR count). The Labute approximate surface area is 95.5 Å². The van der Waals surface area contributed by atoms with Crippen molar-refractivity contribution in [3.63, 3.8) is 0 Å². The van der Waals surface area contributed by atoms with Gasteiger partial charge in [0.25, 0.3) is 0 Å². The van der Waals surface area contributed by atoms with Gasteiger partial charge in [0.2, 0.25) is 10.0 Å². The van der Waals surface area contributed by atoms with Crippen molar-refractivity contribution in [2.45, 2.75) is 37.4 Å². The average Bonchev–Trinajstić information content (AvgIpc) is 2.95. The first-order chi connectivity index (χ1) is 7.50. The number of carboxylic acid groups (broad SMARTS) is 1. The number of sulfonamides is 1. The van der Waals surface area contributed by atoms with Crippen LogP contribution >= 0.6 is 0 Å². The lowest BCUT2D eigenvalue weighted by atomic mass is 10.0. The summed E-state index contributed by atoms with van der Waals surface area (Å²) in [5, 5.41) is 8.42. The SMILES string of the molecule is O=C(O)CCC1CCN(S(=O)(=O)C2CC2)C1. The number of aliphatic carboxylic acids is 1. The van der Waals surface area contributed by atoms with Crippen molar-refractivity contribution in [3.8, 4) is 0 Å². The highest BCUT2D eigenvalue weighted by atomic mass is 32.2. The second kappa shape index (κ2) is 4.33. The van der Waals surface area contributed by atoms with E-state index in [-0.39, 0.29) is 17.6 Å². The van der Waals surface area contributed by atoms with E-state index in [9.17, 15) is 13.2 Å². The lowest BCUT2D eigenvalue weighted by molar-refractivity contribution is -0.137. The molecule has 0 radical (unpaired) electrons. The molecule has 0 aromatic rings. The van der Waals surface area contributed by atoms with Crippen LogP contribution in [0.3, 0.4) is 0 Å². The Morgan fingerprint density at radius 1 is 1.31 bits per heavy atom. The minimum Gasteiger partial charge on any atom is -0.481 e. The van der Waals surface area contributed by atoms with Gasteiger partial charge in [-0.25, -0.2) is 12.7 Å². The van der Waals surface area contributed by atoms with Crippen LogP contribution in [0, 0.1) is 5.92 Å². The average molecular weight is 247 g/mol. The standard InChI is InChI=1S/C10H17NO4S/c12-10(13)4-1-8-5-6-11(7-8)16(14,15)9-2-3-9/h8-9H,1-7H2,(H,12,13). The normalized spacial score (nSPS) is 27.1. The molecule has 1 atom stereocenters. The van der Waals surface area contributed by atoms with Gasteiger partial charge in [-0.1, -0.05) is 0 Å². The van der Waals surface area contributed by atoms with Crippen molar-refractivity contribution in [3.05, 3.63) is 0 Å². The molecular formula is C10H17NO4S. The van der Waals surface area contributed by atoms with Gasteiger partial charge in [-0.3, -0.25) is 4.79 Å². The molecule has 1 saturated carbocycles. The first-order valence-electron chi connectivity index (χ1n) is 5.71. The Bertz CT molecular complexity index is 374. The summed E-state index contributed by atoms with van der Waals surface area (Å²) in [5.41, 5.74) is 0. The van der Waals surface area contributed by atoms with Gasteiger partial charge in [0, 0.05) is 19.5 Å². The van der Waals surface area contributed by atoms with Crippen molar-refractivity contribution in [2.75, 3.05) is 13.1 Å². The zero-order valence-electron chi connectivity index (χ0n) is 9.13. The summed E-state index contributed by atoms with van der Waals surface area (Å²) in [6.07, 6.45) is 3.12. The maximum Gasteiger partial charge on any atom is 0.303 e. The fourth-order valence-corrected chi connectivity index (χ4v) is 4.10. The van der Waals surface area contributed by atoms with Crippen molar-refractivity contribution < 1.29 is 18.3 Å². The summed E-state index contributed by atoms with van der Waals surface area (Å²) in [6, 6.07) is 0. The second-order valence-corrected chi connectivity index (χ2v) is 6.90. The molecule has 1 aliphatic carbocycles. The molecule has 1 unspecified atom stereocenters. The van der Waals surface area contributed by atoms with Crippen LogP contribution in [0.2, 0.25) is 0 Å². The molecule has 2 fully saturated rings. The number of nitrogens with zero attached hydrogens (tertiary/aromatic N) is 1. The molecule has 0 bridgehead atoms. The fraction of sp³-hybridized carbons (Fsp3) is 0.900. The van der Waals surface area contributed by atoms with Crippen LogP contribution in [0.15, 0.2) is 0 Å². The molecule has 5 nitrogen and oxygen atoms in total. The Kier molecular flexibility index (Phi) is 3.21. The van der Waals surface area contributed by atoms with E-state index in [0.717, 1.165) is 19.3 Å². The molecule has 0 amide bonds. The van der Waals surface area contributed by atoms with E-state index >= 15 is 0 Å². The van der Waals surface area contributed by atoms with Gasteiger partial charge in [0.05, 0.1) is 5.25 Å². The Hall–Kier alpha value is -0.620. The monoisotopic (exact) mass is 247 g/mol. The van der Waals surface area contributed by atoms with Crippen molar-refractivity contribution >= 4 is 16.0 Å². The topological polar surface area (TPSA) is 74.7 Å². The quantitative estimate of drug-likeness (QED) is 0.774. The lowest BCUT2D eigenvalue weighted by Crippen LogP contribution is -2.31. The lowest BCUT2D eigenvalue weighted by Gasteiger charge is -2.15. The van der Waals surface area contributed by atoms with Gasteiger partial charge in [0.1, 0.15) is 0 Å². The highest BCUT2D eigenvalue weighted by molar-refractivity contribution is 7.90. The minimum atomic E-state index is -3.05. The molecule has 0 aromatic carbocycles. The van der Waals surface area contributed by atoms with Crippen molar-refractivity contribution in [1.29, 1.82) is 0 Å². The van der Waals surface area contributed by atoms with E-state index in [2.05, 4.69) is 0 Å². The largest absolute Gasteiger partial charge is 0.481 e. The van der Waals surface area contributed by atoms with Crippen LogP contribution in [0.25, 0.3) is 0 Å². The predicted octanol–water partition coefficient (Wildman–Crippen LogP) is 0.665. The number of hydrogen-bond acceptors (Lipinski definition) is 3. The summed E-state index contributed by atoms with van der Waals surface area (Å²) in [4.78, 5) is 10.4. The van der Waals surface area contributed by atoms with Gasteiger partial charge < -0.3 is 5.11 Å². The summed E-state index contributed by atoms with van der Waals surface area (Å²) in [7, 11) is -3.05. The second-order valence-electron chi connectivity index (χ2n) is 4.69. The van der Waals surface area contributed by atoms with E-state index in [1.165, 1.54) is 0 Å². The van der Waals surface area contributed by atoms with E-state index in [1.807, 2.05) is 0 Å². The first-order valence-corrected chi connectivity index (χ1v) is 7.21. The molecule has 1 heterocycles. The third kappa shape index (κ3) is 2.55. The van der Waals surface area contributed by atoms with Crippen LogP contribution < -0.4 is 0 Å². The summed E-state index contributed by atoms with van der Waals surface area (Å²) in [6.45, 7) is 1.09. The van der Waals surface area contributed by atoms with Gasteiger partial charge in [-0.05, 0) is 31.6 Å². The molecule has 1 aliphatic heterocycles. The zero-order valence-corrected chi connectivity index (χ0v) is 9.95. The van der Waals surface area contributed by atoms with Crippen molar-refractivity contribution in [1.82, 2.24) is 4.31 Å². The summed E-state index contributed by atoms with van der Waals surface area (Å²) >= 11 is 0. The van der Waals surface area contributed by atoms with E-state index in [0.29, 0.717) is 19.5 Å². The molecule has 6 heteroatoms. The van der Waals surface area contributed by atoms with Gasteiger partial charge in [0.15, 0.2) is 0 Å². The molecule has 1 saturated heterocycles. The smallest absolute Gasteiger partial charge is 0.303 e. The van der Waals surface area contributed by atoms with E-state index in [1.54, 1.807) is 4.31 Å². The number of carbonyl (C=O) groups is 1. The molecule has 16 heavy (non-hydrogen) atoms. The highest BCUT2D eigenvalue weighted by Gasteiger charge is 2.42. The molecule has 0 aromatic heterocycles. The third-order valence-corrected chi connectivity index (χ3v) is 5.69. The van der Waals surface area contributed by atoms with Crippen LogP contribution in [-0.4, -0.2) is 42.1 Å². The summed E-state index contributed by atoms with van der Waals surface area (Å²) in [5.74, 6) is -0.576. The molecule has 2 aliphatic rings. The van der Waals surface area contributed by atoms with Crippen LogP contribution in [0.5, 0.6) is 0 Å². The predicted molar refractivity (Wildman–Crippen MR) is 58.5 cm³/mol. The number of carboxylic acids is 1. The molecule has 92 valence electrons. The van der Waals surface area contributed by atoms with Gasteiger partial charge in [-0.15, -0.1) is 0 Å². The Balaban J connectivity index is 1.85. The van der Waals surface area contributed by atoms with E-state index in [4.69, 9.17) is 5.11 Å². The van der Waals surface area contributed by atoms with Crippen LogP contribution in [-0.2, 0) is 14.8 Å². The minimum absolute atomic E-state index is 0.141. The maximum absolute atomic E-state index is 11.9. The molecule has 0 spiro atoms. The van der Waals surface area contributed by atoms with Crippen LogP contribution in [0.4, 0.5) is 0 Å². The summed E-state index contributed by atoms with van der Waals surface area (Å²) < 4.78 is 25.3. The van der Waals surface area contributed by atoms with E-state index < -0.39 is 16.0 Å². The van der Waals surface area contributed by atoms with Gasteiger partial charge >= 0.3 is 5.97 Å². The first kappa shape index (κ1) is 11.9. The van der Waals surface area contributed by atoms with Gasteiger partial charge in [-0.2, -0.15) is 0 Å². The highest BCUT2D eigenvalue weighted by Crippen LogP contribution is 2.34. The van der Waals surface area contributed by atoms with Crippen LogP contribution in [0.1, 0.15) is 32.1 Å². The zero-order chi connectivity index (χ0) is 11.8. The molecule has 1 N–H and O–H groups in total. The van der Waals surface area contributed by atoms with Crippen molar-refractivity contribution in [2.24, 2.45) is 5.92 Å². The third-order valence-electron chi connectivity index (χ3n) is 3.32. The Morgan fingerprint density at radius 2 is 2.00 bits per heavy atom. The number of rotatable bonds is 5. The molecular weight excluding hydrogens is 230 g/mol. The fourth-order valence-electron chi connectivity index (χ4n) is 2.17. The Morgan fingerprint density at radius 3 is 2.56 bits per heavy atom.